The van der Waals surface area contributed by atoms with Gasteiger partial charge in [-0.15, -0.1) is 0 Å². The van der Waals surface area contributed by atoms with Gasteiger partial charge in [0.1, 0.15) is 0 Å². The molecule has 0 N–H and O–H groups in total. The van der Waals surface area contributed by atoms with Crippen molar-refractivity contribution in [3.8, 4) is 0 Å². The van der Waals surface area contributed by atoms with Crippen molar-refractivity contribution in [2.45, 2.75) is 39.0 Å². The lowest BCUT2D eigenvalue weighted by atomic mass is 10.0. The van der Waals surface area contributed by atoms with E-state index in [-0.39, 0.29) is 0 Å². The third-order valence-electron chi connectivity index (χ3n) is 5.33. The Labute approximate surface area is 143 Å². The topological polar surface area (TPSA) is 38.2 Å². The Hall–Kier alpha value is -1.78. The molecule has 1 aromatic heterocycles. The molecule has 1 saturated heterocycles. The molecular weight excluding hydrogens is 298 g/mol. The summed E-state index contributed by atoms with van der Waals surface area (Å²) in [5.74, 6) is 1.56. The van der Waals surface area contributed by atoms with Gasteiger partial charge < -0.3 is 4.74 Å². The van der Waals surface area contributed by atoms with E-state index in [0.717, 1.165) is 36.4 Å². The van der Waals surface area contributed by atoms with Crippen molar-refractivity contribution in [2.24, 2.45) is 11.8 Å². The van der Waals surface area contributed by atoms with Gasteiger partial charge in [-0.3, -0.25) is 14.9 Å². The maximum atomic E-state index is 6.15. The maximum Gasteiger partial charge on any atom is 0.0727 e. The Morgan fingerprint density at radius 3 is 2.46 bits per heavy atom. The van der Waals surface area contributed by atoms with Crippen molar-refractivity contribution in [2.75, 3.05) is 13.1 Å². The molecular formula is C20H25N3O. The Balaban J connectivity index is 1.25. The average Bonchev–Trinajstić information content (AvgIpc) is 3.14. The molecule has 0 amide bonds. The van der Waals surface area contributed by atoms with Crippen LogP contribution in [-0.4, -0.2) is 34.1 Å². The van der Waals surface area contributed by atoms with Crippen LogP contribution in [0.3, 0.4) is 0 Å². The molecule has 2 aliphatic rings. The van der Waals surface area contributed by atoms with E-state index < -0.39 is 0 Å². The minimum Gasteiger partial charge on any atom is -0.374 e. The zero-order chi connectivity index (χ0) is 16.4. The largest absolute Gasteiger partial charge is 0.374 e. The van der Waals surface area contributed by atoms with Crippen LogP contribution in [0.15, 0.2) is 42.7 Å². The fraction of sp³-hybridized carbons (Fsp3) is 0.500. The summed E-state index contributed by atoms with van der Waals surface area (Å²) < 4.78 is 6.15. The fourth-order valence-electron chi connectivity index (χ4n) is 4.13. The van der Waals surface area contributed by atoms with Crippen molar-refractivity contribution in [1.82, 2.24) is 14.9 Å². The predicted octanol–water partition coefficient (Wildman–Crippen LogP) is 3.21. The SMILES string of the molecule is Cc1cnc(CN2C[C@H]3CC(OCc4ccccc4)C[C@H]3C2)cn1. The molecule has 0 radical (unpaired) electrons. The Bertz CT molecular complexity index is 644. The first-order valence-electron chi connectivity index (χ1n) is 8.91. The first-order valence-corrected chi connectivity index (χ1v) is 8.91. The lowest BCUT2D eigenvalue weighted by Crippen LogP contribution is -2.24. The van der Waals surface area contributed by atoms with Crippen LogP contribution < -0.4 is 0 Å². The van der Waals surface area contributed by atoms with Crippen molar-refractivity contribution in [1.29, 1.82) is 0 Å². The van der Waals surface area contributed by atoms with E-state index in [1.54, 1.807) is 0 Å². The molecule has 0 bridgehead atoms. The predicted molar refractivity (Wildman–Crippen MR) is 93.3 cm³/mol. The minimum absolute atomic E-state index is 0.432. The highest BCUT2D eigenvalue weighted by Crippen LogP contribution is 2.40. The normalized spacial score (nSPS) is 26.6. The molecule has 4 heteroatoms. The van der Waals surface area contributed by atoms with Crippen molar-refractivity contribution in [3.05, 3.63) is 59.7 Å². The van der Waals surface area contributed by atoms with E-state index in [1.807, 2.05) is 19.3 Å². The van der Waals surface area contributed by atoms with E-state index in [1.165, 1.54) is 31.5 Å². The molecule has 4 rings (SSSR count). The lowest BCUT2D eigenvalue weighted by Gasteiger charge is -2.19. The average molecular weight is 323 g/mol. The fourth-order valence-corrected chi connectivity index (χ4v) is 4.13. The van der Waals surface area contributed by atoms with Gasteiger partial charge >= 0.3 is 0 Å². The minimum atomic E-state index is 0.432. The van der Waals surface area contributed by atoms with Gasteiger partial charge in [0.15, 0.2) is 0 Å². The number of likely N-dealkylation sites (tertiary alicyclic amines) is 1. The van der Waals surface area contributed by atoms with E-state index >= 15 is 0 Å². The molecule has 1 aliphatic carbocycles. The number of nitrogens with zero attached hydrogens (tertiary/aromatic N) is 3. The summed E-state index contributed by atoms with van der Waals surface area (Å²) in [7, 11) is 0. The van der Waals surface area contributed by atoms with Crippen LogP contribution in [0.4, 0.5) is 0 Å². The second-order valence-corrected chi connectivity index (χ2v) is 7.25. The number of benzene rings is 1. The molecule has 2 fully saturated rings. The zero-order valence-corrected chi connectivity index (χ0v) is 14.3. The van der Waals surface area contributed by atoms with Crippen LogP contribution in [0.1, 0.15) is 29.8 Å². The Morgan fingerprint density at radius 1 is 1.04 bits per heavy atom. The standard InChI is InChI=1S/C20H25N3O/c1-15-9-22-19(10-21-15)13-23-11-17-7-20(8-18(17)12-23)24-14-16-5-3-2-4-6-16/h2-6,9-10,17-18,20H,7-8,11-14H2,1H3/t17-,18+,20?. The number of ether oxygens (including phenoxy) is 1. The highest BCUT2D eigenvalue weighted by atomic mass is 16.5. The van der Waals surface area contributed by atoms with Gasteiger partial charge in [0, 0.05) is 32.0 Å². The maximum absolute atomic E-state index is 6.15. The quantitative estimate of drug-likeness (QED) is 0.847. The molecule has 0 spiro atoms. The van der Waals surface area contributed by atoms with E-state index in [4.69, 9.17) is 4.74 Å². The number of rotatable bonds is 5. The second kappa shape index (κ2) is 6.99. The van der Waals surface area contributed by atoms with E-state index in [9.17, 15) is 0 Å². The van der Waals surface area contributed by atoms with Crippen molar-refractivity contribution in [3.63, 3.8) is 0 Å². The monoisotopic (exact) mass is 323 g/mol. The molecule has 1 unspecified atom stereocenters. The third-order valence-corrected chi connectivity index (χ3v) is 5.33. The highest BCUT2D eigenvalue weighted by molar-refractivity contribution is 5.13. The summed E-state index contributed by atoms with van der Waals surface area (Å²) in [6.07, 6.45) is 6.61. The van der Waals surface area contributed by atoms with Crippen LogP contribution in [0.2, 0.25) is 0 Å². The summed E-state index contributed by atoms with van der Waals surface area (Å²) in [5.41, 5.74) is 3.34. The summed E-state index contributed by atoms with van der Waals surface area (Å²) in [6, 6.07) is 10.5. The highest BCUT2D eigenvalue weighted by Gasteiger charge is 2.41. The van der Waals surface area contributed by atoms with Crippen LogP contribution in [0.25, 0.3) is 0 Å². The lowest BCUT2D eigenvalue weighted by molar-refractivity contribution is 0.0373. The molecule has 4 nitrogen and oxygen atoms in total. The zero-order valence-electron chi connectivity index (χ0n) is 14.3. The smallest absolute Gasteiger partial charge is 0.0727 e. The molecule has 1 aliphatic heterocycles. The first kappa shape index (κ1) is 15.7. The van der Waals surface area contributed by atoms with Crippen LogP contribution >= 0.6 is 0 Å². The van der Waals surface area contributed by atoms with E-state index in [0.29, 0.717) is 6.10 Å². The van der Waals surface area contributed by atoms with Gasteiger partial charge in [0.05, 0.1) is 24.1 Å². The van der Waals surface area contributed by atoms with Crippen LogP contribution in [0.5, 0.6) is 0 Å². The molecule has 2 aromatic rings. The van der Waals surface area contributed by atoms with Crippen LogP contribution in [-0.2, 0) is 17.9 Å². The number of fused-ring (bicyclic) bond motifs is 1. The van der Waals surface area contributed by atoms with Gasteiger partial charge in [0.2, 0.25) is 0 Å². The molecule has 1 saturated carbocycles. The molecule has 3 atom stereocenters. The number of hydrogen-bond acceptors (Lipinski definition) is 4. The van der Waals surface area contributed by atoms with E-state index in [2.05, 4.69) is 45.2 Å². The third kappa shape index (κ3) is 3.65. The molecule has 24 heavy (non-hydrogen) atoms. The van der Waals surface area contributed by atoms with Gasteiger partial charge in [-0.05, 0) is 37.2 Å². The number of aryl methyl sites for hydroxylation is 1. The summed E-state index contributed by atoms with van der Waals surface area (Å²) >= 11 is 0. The first-order chi connectivity index (χ1) is 11.8. The summed E-state index contributed by atoms with van der Waals surface area (Å²) in [6.45, 7) is 5.99. The van der Waals surface area contributed by atoms with Gasteiger partial charge in [-0.1, -0.05) is 30.3 Å². The van der Waals surface area contributed by atoms with Gasteiger partial charge in [-0.2, -0.15) is 0 Å². The second-order valence-electron chi connectivity index (χ2n) is 7.25. The Morgan fingerprint density at radius 2 is 1.79 bits per heavy atom. The van der Waals surface area contributed by atoms with Gasteiger partial charge in [-0.25, -0.2) is 0 Å². The van der Waals surface area contributed by atoms with Crippen LogP contribution in [0, 0.1) is 18.8 Å². The number of aromatic nitrogens is 2. The van der Waals surface area contributed by atoms with Gasteiger partial charge in [0.25, 0.3) is 0 Å². The summed E-state index contributed by atoms with van der Waals surface area (Å²) in [4.78, 5) is 11.4. The van der Waals surface area contributed by atoms with Crippen molar-refractivity contribution < 1.29 is 4.74 Å². The molecule has 2 heterocycles. The Kier molecular flexibility index (Phi) is 4.58. The molecule has 126 valence electrons. The molecule has 1 aromatic carbocycles. The number of hydrogen-bond donors (Lipinski definition) is 0. The van der Waals surface area contributed by atoms with Crippen molar-refractivity contribution >= 4 is 0 Å². The summed E-state index contributed by atoms with van der Waals surface area (Å²) in [5, 5.41) is 0.